The number of hydrogen-bond acceptors (Lipinski definition) is 3. The molecule has 2 rings (SSSR count). The minimum absolute atomic E-state index is 0.474. The van der Waals surface area contributed by atoms with Gasteiger partial charge in [-0.2, -0.15) is 5.10 Å². The Bertz CT molecular complexity index is 569. The summed E-state index contributed by atoms with van der Waals surface area (Å²) in [5, 5.41) is 7.29. The van der Waals surface area contributed by atoms with Gasteiger partial charge in [0.15, 0.2) is 0 Å². The molecule has 0 fully saturated rings. The van der Waals surface area contributed by atoms with E-state index in [0.717, 1.165) is 16.8 Å². The maximum atomic E-state index is 12.2. The van der Waals surface area contributed by atoms with E-state index in [1.165, 1.54) is 0 Å². The fourth-order valence-corrected chi connectivity index (χ4v) is 1.79. The van der Waals surface area contributed by atoms with Crippen molar-refractivity contribution in [1.82, 2.24) is 9.78 Å². The van der Waals surface area contributed by atoms with Gasteiger partial charge in [-0.15, -0.1) is 0 Å². The van der Waals surface area contributed by atoms with Crippen LogP contribution >= 0.6 is 0 Å². The molecule has 1 aromatic heterocycles. The van der Waals surface area contributed by atoms with Gasteiger partial charge in [-0.25, -0.2) is 8.78 Å². The van der Waals surface area contributed by atoms with Crippen LogP contribution in [0.4, 0.5) is 14.5 Å². The molecule has 4 nitrogen and oxygen atoms in total. The van der Waals surface area contributed by atoms with Gasteiger partial charge in [0.25, 0.3) is 6.43 Å². The van der Waals surface area contributed by atoms with Crippen molar-refractivity contribution >= 4 is 5.69 Å². The normalized spacial score (nSPS) is 10.8. The largest absolute Gasteiger partial charge is 0.487 e. The van der Waals surface area contributed by atoms with Crippen LogP contribution in [0, 0.1) is 6.92 Å². The van der Waals surface area contributed by atoms with E-state index in [4.69, 9.17) is 4.74 Å². The Balaban J connectivity index is 1.99. The number of anilines is 1. The quantitative estimate of drug-likeness (QED) is 0.884. The molecule has 2 aromatic rings. The molecule has 0 saturated heterocycles. The lowest BCUT2D eigenvalue weighted by Crippen LogP contribution is -2.08. The fraction of sp³-hybridized carbons (Fsp3) is 0.357. The van der Waals surface area contributed by atoms with Crippen molar-refractivity contribution in [3.05, 3.63) is 41.7 Å². The van der Waals surface area contributed by atoms with E-state index >= 15 is 0 Å². The molecule has 0 unspecified atom stereocenters. The average molecular weight is 281 g/mol. The topological polar surface area (TPSA) is 39.1 Å². The van der Waals surface area contributed by atoms with Crippen LogP contribution in [-0.4, -0.2) is 22.8 Å². The summed E-state index contributed by atoms with van der Waals surface area (Å²) in [5.74, 6) is 0.474. The predicted octanol–water partition coefficient (Wildman–Crippen LogP) is 2.98. The van der Waals surface area contributed by atoms with E-state index in [-0.39, 0.29) is 0 Å². The Morgan fingerprint density at radius 3 is 2.85 bits per heavy atom. The van der Waals surface area contributed by atoms with Crippen LogP contribution in [0.15, 0.2) is 30.6 Å². The Hall–Kier alpha value is -2.11. The number of nitrogens with one attached hydrogen (secondary N) is 1. The van der Waals surface area contributed by atoms with E-state index in [1.807, 2.05) is 32.3 Å². The lowest BCUT2D eigenvalue weighted by molar-refractivity contribution is 0.0816. The zero-order valence-electron chi connectivity index (χ0n) is 11.4. The molecule has 0 saturated carbocycles. The number of hydrogen-bond donors (Lipinski definition) is 1. The Labute approximate surface area is 116 Å². The highest BCUT2D eigenvalue weighted by Gasteiger charge is 2.07. The van der Waals surface area contributed by atoms with Gasteiger partial charge >= 0.3 is 0 Å². The summed E-state index contributed by atoms with van der Waals surface area (Å²) in [5.41, 5.74) is 2.70. The monoisotopic (exact) mass is 281 g/mol. The molecule has 0 aliphatic rings. The van der Waals surface area contributed by atoms with E-state index in [0.29, 0.717) is 12.3 Å². The summed E-state index contributed by atoms with van der Waals surface area (Å²) >= 11 is 0. The molecule has 0 atom stereocenters. The molecule has 0 aliphatic heterocycles. The molecular formula is C14H17F2N3O. The third kappa shape index (κ3) is 3.94. The van der Waals surface area contributed by atoms with E-state index in [2.05, 4.69) is 10.4 Å². The second-order valence-corrected chi connectivity index (χ2v) is 4.56. The maximum absolute atomic E-state index is 12.2. The van der Waals surface area contributed by atoms with E-state index in [1.54, 1.807) is 16.9 Å². The molecule has 0 bridgehead atoms. The Morgan fingerprint density at radius 1 is 1.40 bits per heavy atom. The SMILES string of the molecule is Cc1ccc(NCc2cnn(C)c2)cc1OCC(F)F. The zero-order chi connectivity index (χ0) is 14.5. The molecule has 1 heterocycles. The van der Waals surface area contributed by atoms with Crippen LogP contribution in [-0.2, 0) is 13.6 Å². The summed E-state index contributed by atoms with van der Waals surface area (Å²) < 4.78 is 31.2. The van der Waals surface area contributed by atoms with Crippen molar-refractivity contribution in [2.75, 3.05) is 11.9 Å². The zero-order valence-corrected chi connectivity index (χ0v) is 11.4. The van der Waals surface area contributed by atoms with Gasteiger partial charge in [-0.1, -0.05) is 6.07 Å². The minimum atomic E-state index is -2.47. The van der Waals surface area contributed by atoms with Crippen molar-refractivity contribution in [2.45, 2.75) is 19.9 Å². The summed E-state index contributed by atoms with van der Waals surface area (Å²) in [4.78, 5) is 0. The third-order valence-corrected chi connectivity index (χ3v) is 2.81. The van der Waals surface area contributed by atoms with Crippen molar-refractivity contribution < 1.29 is 13.5 Å². The lowest BCUT2D eigenvalue weighted by atomic mass is 10.2. The number of rotatable bonds is 6. The van der Waals surface area contributed by atoms with Gasteiger partial charge in [0.05, 0.1) is 6.20 Å². The first kappa shape index (κ1) is 14.3. The number of alkyl halides is 2. The van der Waals surface area contributed by atoms with Crippen molar-refractivity contribution in [3.63, 3.8) is 0 Å². The van der Waals surface area contributed by atoms with Crippen LogP contribution in [0.3, 0.4) is 0 Å². The van der Waals surface area contributed by atoms with Gasteiger partial charge in [0, 0.05) is 37.1 Å². The molecule has 0 amide bonds. The number of halogens is 2. The molecule has 1 N–H and O–H groups in total. The molecular weight excluding hydrogens is 264 g/mol. The molecule has 0 spiro atoms. The second-order valence-electron chi connectivity index (χ2n) is 4.56. The van der Waals surface area contributed by atoms with Crippen molar-refractivity contribution in [1.29, 1.82) is 0 Å². The van der Waals surface area contributed by atoms with Gasteiger partial charge in [-0.3, -0.25) is 4.68 Å². The second kappa shape index (κ2) is 6.36. The van der Waals surface area contributed by atoms with Crippen molar-refractivity contribution in [2.24, 2.45) is 7.05 Å². The predicted molar refractivity (Wildman–Crippen MR) is 73.2 cm³/mol. The third-order valence-electron chi connectivity index (χ3n) is 2.81. The molecule has 108 valence electrons. The van der Waals surface area contributed by atoms with Crippen LogP contribution in [0.25, 0.3) is 0 Å². The molecule has 20 heavy (non-hydrogen) atoms. The Morgan fingerprint density at radius 2 is 2.20 bits per heavy atom. The first-order chi connectivity index (χ1) is 9.54. The summed E-state index contributed by atoms with van der Waals surface area (Å²) in [6, 6.07) is 5.46. The van der Waals surface area contributed by atoms with Gasteiger partial charge in [0.1, 0.15) is 12.4 Å². The van der Waals surface area contributed by atoms with Gasteiger partial charge in [-0.05, 0) is 18.6 Å². The summed E-state index contributed by atoms with van der Waals surface area (Å²) in [7, 11) is 1.85. The van der Waals surface area contributed by atoms with Crippen LogP contribution in [0.2, 0.25) is 0 Å². The van der Waals surface area contributed by atoms with Crippen LogP contribution in [0.1, 0.15) is 11.1 Å². The summed E-state index contributed by atoms with van der Waals surface area (Å²) in [6.07, 6.45) is 1.21. The molecule has 1 aromatic carbocycles. The van der Waals surface area contributed by atoms with Crippen LogP contribution in [0.5, 0.6) is 5.75 Å². The van der Waals surface area contributed by atoms with Gasteiger partial charge in [0.2, 0.25) is 0 Å². The van der Waals surface area contributed by atoms with E-state index in [9.17, 15) is 8.78 Å². The molecule has 6 heteroatoms. The summed E-state index contributed by atoms with van der Waals surface area (Å²) in [6.45, 7) is 1.85. The average Bonchev–Trinajstić information content (AvgIpc) is 2.82. The highest BCUT2D eigenvalue weighted by atomic mass is 19.3. The molecule has 0 radical (unpaired) electrons. The maximum Gasteiger partial charge on any atom is 0.272 e. The van der Waals surface area contributed by atoms with Gasteiger partial charge < -0.3 is 10.1 Å². The number of aryl methyl sites for hydroxylation is 2. The van der Waals surface area contributed by atoms with Crippen molar-refractivity contribution in [3.8, 4) is 5.75 Å². The number of nitrogens with zero attached hydrogens (tertiary/aromatic N) is 2. The first-order valence-corrected chi connectivity index (χ1v) is 6.27. The minimum Gasteiger partial charge on any atom is -0.487 e. The lowest BCUT2D eigenvalue weighted by Gasteiger charge is -2.11. The van der Waals surface area contributed by atoms with E-state index < -0.39 is 13.0 Å². The highest BCUT2D eigenvalue weighted by Crippen LogP contribution is 2.23. The van der Waals surface area contributed by atoms with Crippen LogP contribution < -0.4 is 10.1 Å². The number of benzene rings is 1. The first-order valence-electron chi connectivity index (χ1n) is 6.27. The Kier molecular flexibility index (Phi) is 4.55. The number of ether oxygens (including phenoxy) is 1. The smallest absolute Gasteiger partial charge is 0.272 e. The fourth-order valence-electron chi connectivity index (χ4n) is 1.79. The molecule has 0 aliphatic carbocycles. The standard InChI is InChI=1S/C14H17F2N3O/c1-10-3-4-12(5-13(10)20-9-14(15)16)17-6-11-7-18-19(2)8-11/h3-5,7-8,14,17H,6,9H2,1-2H3. The number of aromatic nitrogens is 2. The highest BCUT2D eigenvalue weighted by molar-refractivity contribution is 5.51.